The van der Waals surface area contributed by atoms with Gasteiger partial charge < -0.3 is 14.8 Å². The van der Waals surface area contributed by atoms with Crippen molar-refractivity contribution in [3.63, 3.8) is 0 Å². The van der Waals surface area contributed by atoms with Gasteiger partial charge in [0.1, 0.15) is 5.75 Å². The van der Waals surface area contributed by atoms with Crippen molar-refractivity contribution in [1.29, 1.82) is 0 Å². The number of nitrogens with one attached hydrogen (secondary N) is 1. The van der Waals surface area contributed by atoms with Gasteiger partial charge in [-0.3, -0.25) is 4.79 Å². The number of hydrogen-bond acceptors (Lipinski definition) is 6. The van der Waals surface area contributed by atoms with Crippen molar-refractivity contribution in [2.24, 2.45) is 5.14 Å². The maximum Gasteiger partial charge on any atom is 0.344 e. The Morgan fingerprint density at radius 2 is 1.68 bits per heavy atom. The second-order valence-corrected chi connectivity index (χ2v) is 7.82. The van der Waals surface area contributed by atoms with Crippen LogP contribution >= 0.6 is 0 Å². The smallest absolute Gasteiger partial charge is 0.344 e. The van der Waals surface area contributed by atoms with Crippen LogP contribution < -0.4 is 15.2 Å². The number of hydrogen-bond donors (Lipinski definition) is 2. The van der Waals surface area contributed by atoms with E-state index >= 15 is 0 Å². The molecule has 9 heteroatoms. The number of sulfonamides is 1. The Balaban J connectivity index is 1.80. The maximum absolute atomic E-state index is 11.8. The predicted octanol–water partition coefficient (Wildman–Crippen LogP) is 2.02. The fraction of sp³-hybridized carbons (Fsp3) is 0.263. The van der Waals surface area contributed by atoms with Crippen LogP contribution in [0.4, 0.5) is 5.69 Å². The van der Waals surface area contributed by atoms with Gasteiger partial charge in [0.15, 0.2) is 13.2 Å². The van der Waals surface area contributed by atoms with Crippen LogP contribution in [0.2, 0.25) is 0 Å². The van der Waals surface area contributed by atoms with Crippen LogP contribution in [0.5, 0.6) is 5.75 Å². The van der Waals surface area contributed by atoms with Crippen LogP contribution in [0.15, 0.2) is 53.4 Å². The summed E-state index contributed by atoms with van der Waals surface area (Å²) in [5.41, 5.74) is 1.31. The largest absolute Gasteiger partial charge is 0.482 e. The standard InChI is InChI=1S/C19H22N2O6S/c1-13(2)16-5-3-4-6-17(16)26-12-19(23)27-11-18(22)21-14-7-9-15(10-8-14)28(20,24)25/h3-10,13H,11-12H2,1-2H3,(H,21,22)(H2,20,24,25). The topological polar surface area (TPSA) is 125 Å². The maximum atomic E-state index is 11.8. The second-order valence-electron chi connectivity index (χ2n) is 6.26. The van der Waals surface area contributed by atoms with Crippen LogP contribution in [-0.4, -0.2) is 33.5 Å². The van der Waals surface area contributed by atoms with Gasteiger partial charge in [0.2, 0.25) is 10.0 Å². The number of rotatable bonds is 8. The molecule has 2 aromatic carbocycles. The molecule has 0 spiro atoms. The lowest BCUT2D eigenvalue weighted by Crippen LogP contribution is -2.23. The highest BCUT2D eigenvalue weighted by molar-refractivity contribution is 7.89. The average Bonchev–Trinajstić information content (AvgIpc) is 2.64. The van der Waals surface area contributed by atoms with Crippen molar-refractivity contribution in [1.82, 2.24) is 0 Å². The highest BCUT2D eigenvalue weighted by Crippen LogP contribution is 2.25. The first-order chi connectivity index (χ1) is 13.2. The SMILES string of the molecule is CC(C)c1ccccc1OCC(=O)OCC(=O)Nc1ccc(S(N)(=O)=O)cc1. The minimum absolute atomic E-state index is 0.0734. The number of esters is 1. The molecule has 0 heterocycles. The van der Waals surface area contributed by atoms with Crippen molar-refractivity contribution in [2.45, 2.75) is 24.7 Å². The number of carbonyl (C=O) groups is 2. The van der Waals surface area contributed by atoms with Crippen molar-refractivity contribution >= 4 is 27.6 Å². The molecule has 0 aliphatic rings. The molecule has 0 bridgehead atoms. The number of primary sulfonamides is 1. The molecule has 0 saturated heterocycles. The lowest BCUT2D eigenvalue weighted by atomic mass is 10.0. The van der Waals surface area contributed by atoms with E-state index in [4.69, 9.17) is 14.6 Å². The van der Waals surface area contributed by atoms with Crippen LogP contribution in [0, 0.1) is 0 Å². The zero-order chi connectivity index (χ0) is 20.7. The molecule has 0 aliphatic heterocycles. The van der Waals surface area contributed by atoms with Gasteiger partial charge in [-0.05, 0) is 41.8 Å². The van der Waals surface area contributed by atoms with Gasteiger partial charge in [-0.15, -0.1) is 0 Å². The molecule has 1 amide bonds. The van der Waals surface area contributed by atoms with Crippen molar-refractivity contribution in [3.8, 4) is 5.75 Å². The predicted molar refractivity (Wildman–Crippen MR) is 103 cm³/mol. The number of anilines is 1. The van der Waals surface area contributed by atoms with E-state index in [0.717, 1.165) is 5.56 Å². The third-order valence-electron chi connectivity index (χ3n) is 3.72. The van der Waals surface area contributed by atoms with E-state index in [9.17, 15) is 18.0 Å². The Labute approximate surface area is 163 Å². The van der Waals surface area contributed by atoms with Gasteiger partial charge in [0.25, 0.3) is 5.91 Å². The lowest BCUT2D eigenvalue weighted by Gasteiger charge is -2.13. The molecule has 0 saturated carbocycles. The summed E-state index contributed by atoms with van der Waals surface area (Å²) in [6, 6.07) is 12.7. The normalized spacial score (nSPS) is 11.1. The molecule has 0 aromatic heterocycles. The van der Waals surface area contributed by atoms with Crippen LogP contribution in [0.1, 0.15) is 25.3 Å². The molecule has 2 aromatic rings. The van der Waals surface area contributed by atoms with Gasteiger partial charge in [-0.25, -0.2) is 18.4 Å². The van der Waals surface area contributed by atoms with Crippen molar-refractivity contribution < 1.29 is 27.5 Å². The first-order valence-corrected chi connectivity index (χ1v) is 10.0. The molecular weight excluding hydrogens is 384 g/mol. The lowest BCUT2D eigenvalue weighted by molar-refractivity contribution is -0.149. The average molecular weight is 406 g/mol. The molecule has 0 atom stereocenters. The summed E-state index contributed by atoms with van der Waals surface area (Å²) < 4.78 is 32.7. The van der Waals surface area contributed by atoms with E-state index in [1.54, 1.807) is 12.1 Å². The molecular formula is C19H22N2O6S. The van der Waals surface area contributed by atoms with E-state index in [2.05, 4.69) is 5.32 Å². The third-order valence-corrected chi connectivity index (χ3v) is 4.65. The summed E-state index contributed by atoms with van der Waals surface area (Å²) in [6.07, 6.45) is 0. The number of carbonyl (C=O) groups excluding carboxylic acids is 2. The number of para-hydroxylation sites is 1. The quantitative estimate of drug-likeness (QED) is 0.646. The van der Waals surface area contributed by atoms with E-state index < -0.39 is 28.5 Å². The van der Waals surface area contributed by atoms with Crippen molar-refractivity contribution in [3.05, 3.63) is 54.1 Å². The molecule has 150 valence electrons. The summed E-state index contributed by atoms with van der Waals surface area (Å²) in [4.78, 5) is 23.6. The fourth-order valence-corrected chi connectivity index (χ4v) is 2.85. The number of benzene rings is 2. The third kappa shape index (κ3) is 6.36. The molecule has 28 heavy (non-hydrogen) atoms. The second kappa shape index (κ2) is 9.34. The number of ether oxygens (including phenoxy) is 2. The summed E-state index contributed by atoms with van der Waals surface area (Å²) in [6.45, 7) is 3.21. The van der Waals surface area contributed by atoms with Gasteiger partial charge in [0.05, 0.1) is 4.90 Å². The highest BCUT2D eigenvalue weighted by Gasteiger charge is 2.12. The molecule has 3 N–H and O–H groups in total. The van der Waals surface area contributed by atoms with Crippen LogP contribution in [0.3, 0.4) is 0 Å². The number of amides is 1. The summed E-state index contributed by atoms with van der Waals surface area (Å²) in [5, 5.41) is 7.48. The Morgan fingerprint density at radius 1 is 1.04 bits per heavy atom. The molecule has 8 nitrogen and oxygen atoms in total. The van der Waals surface area contributed by atoms with E-state index in [-0.39, 0.29) is 17.4 Å². The van der Waals surface area contributed by atoms with Crippen LogP contribution in [-0.2, 0) is 24.3 Å². The first kappa shape index (κ1) is 21.4. The summed E-state index contributed by atoms with van der Waals surface area (Å²) >= 11 is 0. The van der Waals surface area contributed by atoms with E-state index in [0.29, 0.717) is 11.4 Å². The molecule has 0 aliphatic carbocycles. The van der Waals surface area contributed by atoms with Gasteiger partial charge >= 0.3 is 5.97 Å². The number of nitrogens with two attached hydrogens (primary N) is 1. The Morgan fingerprint density at radius 3 is 2.29 bits per heavy atom. The van der Waals surface area contributed by atoms with Gasteiger partial charge in [0, 0.05) is 5.69 Å². The zero-order valence-corrected chi connectivity index (χ0v) is 16.4. The van der Waals surface area contributed by atoms with E-state index in [1.807, 2.05) is 26.0 Å². The fourth-order valence-electron chi connectivity index (χ4n) is 2.34. The molecule has 2 rings (SSSR count). The minimum Gasteiger partial charge on any atom is -0.482 e. The summed E-state index contributed by atoms with van der Waals surface area (Å²) in [7, 11) is -3.80. The van der Waals surface area contributed by atoms with Crippen LogP contribution in [0.25, 0.3) is 0 Å². The highest BCUT2D eigenvalue weighted by atomic mass is 32.2. The Hall–Kier alpha value is -2.91. The van der Waals surface area contributed by atoms with Gasteiger partial charge in [-0.2, -0.15) is 0 Å². The first-order valence-electron chi connectivity index (χ1n) is 8.47. The molecule has 0 radical (unpaired) electrons. The summed E-state index contributed by atoms with van der Waals surface area (Å²) in [5.74, 6) is -0.426. The zero-order valence-electron chi connectivity index (χ0n) is 15.5. The molecule has 0 unspecified atom stereocenters. The van der Waals surface area contributed by atoms with E-state index in [1.165, 1.54) is 24.3 Å². The minimum atomic E-state index is -3.80. The molecule has 0 fully saturated rings. The Bertz CT molecular complexity index is 939. The van der Waals surface area contributed by atoms with Crippen molar-refractivity contribution in [2.75, 3.05) is 18.5 Å². The van der Waals surface area contributed by atoms with Gasteiger partial charge in [-0.1, -0.05) is 32.0 Å². The monoisotopic (exact) mass is 406 g/mol. The Kier molecular flexibility index (Phi) is 7.13.